The van der Waals surface area contributed by atoms with Crippen LogP contribution < -0.4 is 5.32 Å². The fraction of sp³-hybridized carbons (Fsp3) is 0.600. The van der Waals surface area contributed by atoms with Crippen molar-refractivity contribution in [1.29, 1.82) is 0 Å². The summed E-state index contributed by atoms with van der Waals surface area (Å²) >= 11 is 0. The van der Waals surface area contributed by atoms with Crippen molar-refractivity contribution in [2.24, 2.45) is 0 Å². The summed E-state index contributed by atoms with van der Waals surface area (Å²) in [4.78, 5) is 13.1. The molecule has 0 unspecified atom stereocenters. The number of hydrogen-bond donors (Lipinski definition) is 1. The summed E-state index contributed by atoms with van der Waals surface area (Å²) in [6.07, 6.45) is 1.39. The quantitative estimate of drug-likeness (QED) is 0.468. The van der Waals surface area contributed by atoms with Crippen LogP contribution in [0.3, 0.4) is 0 Å². The molecule has 0 aliphatic carbocycles. The maximum Gasteiger partial charge on any atom is 0.490 e. The van der Waals surface area contributed by atoms with Crippen molar-refractivity contribution < 1.29 is 4.92 Å². The molecule has 12 heavy (non-hydrogen) atoms. The summed E-state index contributed by atoms with van der Waals surface area (Å²) in [5.41, 5.74) is 0. The lowest BCUT2D eigenvalue weighted by Gasteiger charge is -2.24. The second kappa shape index (κ2) is 2.52. The molecule has 0 radical (unpaired) electrons. The highest BCUT2D eigenvalue weighted by Crippen LogP contribution is 2.11. The number of nitrogens with zero attached hydrogens (tertiary/aromatic N) is 4. The lowest BCUT2D eigenvalue weighted by atomic mass is 10.2. The van der Waals surface area contributed by atoms with E-state index in [0.717, 1.165) is 13.1 Å². The molecular formula is C5H7N5O2. The predicted octanol–water partition coefficient (Wildman–Crippen LogP) is -0.669. The molecule has 1 N–H and O–H groups in total. The smallest absolute Gasteiger partial charge is 0.390 e. The standard InChI is InChI=1S/C5H7N5O2/c11-10(12)5-7-3-9(8-5)4-1-6-2-4/h3-4,6H,1-2H2. The van der Waals surface area contributed by atoms with Gasteiger partial charge in [-0.15, -0.1) is 0 Å². The van der Waals surface area contributed by atoms with Crippen LogP contribution in [0.15, 0.2) is 6.33 Å². The fourth-order valence-electron chi connectivity index (χ4n) is 0.986. The maximum absolute atomic E-state index is 10.2. The highest BCUT2D eigenvalue weighted by Gasteiger charge is 2.24. The lowest BCUT2D eigenvalue weighted by molar-refractivity contribution is -0.394. The molecule has 0 spiro atoms. The Hall–Kier alpha value is -1.50. The van der Waals surface area contributed by atoms with Gasteiger partial charge in [0.1, 0.15) is 0 Å². The SMILES string of the molecule is O=[N+]([O-])c1ncn(C2CNC2)n1. The van der Waals surface area contributed by atoms with Gasteiger partial charge in [-0.25, -0.2) is 0 Å². The third-order valence-corrected chi connectivity index (χ3v) is 1.79. The van der Waals surface area contributed by atoms with Crippen molar-refractivity contribution in [3.05, 3.63) is 16.4 Å². The summed E-state index contributed by atoms with van der Waals surface area (Å²) in [7, 11) is 0. The Morgan fingerprint density at radius 1 is 1.75 bits per heavy atom. The molecule has 1 saturated heterocycles. The van der Waals surface area contributed by atoms with Gasteiger partial charge < -0.3 is 15.4 Å². The van der Waals surface area contributed by atoms with Crippen LogP contribution in [0.5, 0.6) is 0 Å². The Bertz CT molecular complexity index is 305. The zero-order valence-corrected chi connectivity index (χ0v) is 6.17. The molecular weight excluding hydrogens is 162 g/mol. The van der Waals surface area contributed by atoms with E-state index < -0.39 is 4.92 Å². The zero-order chi connectivity index (χ0) is 8.55. The topological polar surface area (TPSA) is 85.9 Å². The van der Waals surface area contributed by atoms with Gasteiger partial charge in [-0.3, -0.25) is 0 Å². The Balaban J connectivity index is 2.17. The first-order chi connectivity index (χ1) is 5.77. The molecule has 0 bridgehead atoms. The van der Waals surface area contributed by atoms with Crippen molar-refractivity contribution in [3.63, 3.8) is 0 Å². The van der Waals surface area contributed by atoms with Crippen molar-refractivity contribution in [3.8, 4) is 0 Å². The molecule has 1 fully saturated rings. The summed E-state index contributed by atoms with van der Waals surface area (Å²) in [6, 6.07) is 0.228. The average Bonchev–Trinajstić information content (AvgIpc) is 2.32. The Labute approximate surface area is 67.6 Å². The van der Waals surface area contributed by atoms with E-state index in [4.69, 9.17) is 0 Å². The summed E-state index contributed by atoms with van der Waals surface area (Å²) < 4.78 is 1.52. The zero-order valence-electron chi connectivity index (χ0n) is 6.17. The van der Waals surface area contributed by atoms with Crippen LogP contribution >= 0.6 is 0 Å². The molecule has 0 saturated carbocycles. The van der Waals surface area contributed by atoms with Crippen molar-refractivity contribution >= 4 is 5.95 Å². The van der Waals surface area contributed by atoms with Crippen LogP contribution in [-0.4, -0.2) is 32.8 Å². The van der Waals surface area contributed by atoms with Gasteiger partial charge in [-0.1, -0.05) is 4.98 Å². The minimum Gasteiger partial charge on any atom is -0.390 e. The van der Waals surface area contributed by atoms with Crippen LogP contribution in [0.1, 0.15) is 6.04 Å². The average molecular weight is 169 g/mol. The van der Waals surface area contributed by atoms with E-state index in [1.807, 2.05) is 0 Å². The molecule has 1 aromatic heterocycles. The van der Waals surface area contributed by atoms with Gasteiger partial charge in [0.25, 0.3) is 0 Å². The van der Waals surface area contributed by atoms with E-state index >= 15 is 0 Å². The molecule has 2 rings (SSSR count). The summed E-state index contributed by atoms with van der Waals surface area (Å²) in [6.45, 7) is 1.61. The number of hydrogen-bond acceptors (Lipinski definition) is 5. The molecule has 1 aliphatic heterocycles. The van der Waals surface area contributed by atoms with Gasteiger partial charge in [0, 0.05) is 18.2 Å². The molecule has 0 atom stereocenters. The third kappa shape index (κ3) is 1.03. The lowest BCUT2D eigenvalue weighted by Crippen LogP contribution is -2.43. The van der Waals surface area contributed by atoms with E-state index in [9.17, 15) is 10.1 Å². The molecule has 2 heterocycles. The molecule has 1 aliphatic rings. The maximum atomic E-state index is 10.2. The monoisotopic (exact) mass is 169 g/mol. The minimum atomic E-state index is -0.595. The summed E-state index contributed by atoms with van der Waals surface area (Å²) in [5.74, 6) is -0.332. The van der Waals surface area contributed by atoms with Gasteiger partial charge in [0.05, 0.1) is 6.04 Å². The van der Waals surface area contributed by atoms with Crippen molar-refractivity contribution in [1.82, 2.24) is 20.1 Å². The van der Waals surface area contributed by atoms with Gasteiger partial charge in [0.2, 0.25) is 6.33 Å². The largest absolute Gasteiger partial charge is 0.490 e. The Morgan fingerprint density at radius 2 is 2.50 bits per heavy atom. The first kappa shape index (κ1) is 7.17. The second-order valence-corrected chi connectivity index (χ2v) is 2.59. The number of nitrogens with one attached hydrogen (secondary N) is 1. The third-order valence-electron chi connectivity index (χ3n) is 1.79. The van der Waals surface area contributed by atoms with E-state index in [2.05, 4.69) is 15.4 Å². The molecule has 1 aromatic rings. The Kier molecular flexibility index (Phi) is 1.51. The van der Waals surface area contributed by atoms with Crippen molar-refractivity contribution in [2.75, 3.05) is 13.1 Å². The predicted molar refractivity (Wildman–Crippen MR) is 38.6 cm³/mol. The van der Waals surface area contributed by atoms with E-state index in [-0.39, 0.29) is 12.0 Å². The van der Waals surface area contributed by atoms with Crippen LogP contribution in [0, 0.1) is 10.1 Å². The summed E-state index contributed by atoms with van der Waals surface area (Å²) in [5, 5.41) is 16.9. The Morgan fingerprint density at radius 3 is 2.92 bits per heavy atom. The van der Waals surface area contributed by atoms with Crippen LogP contribution in [0.4, 0.5) is 5.95 Å². The first-order valence-electron chi connectivity index (χ1n) is 3.53. The van der Waals surface area contributed by atoms with Gasteiger partial charge in [-0.05, 0) is 4.92 Å². The van der Waals surface area contributed by atoms with Crippen LogP contribution in [0.25, 0.3) is 0 Å². The number of aromatic nitrogens is 3. The highest BCUT2D eigenvalue weighted by atomic mass is 16.6. The van der Waals surface area contributed by atoms with Gasteiger partial charge in [0.15, 0.2) is 0 Å². The second-order valence-electron chi connectivity index (χ2n) is 2.59. The minimum absolute atomic E-state index is 0.228. The van der Waals surface area contributed by atoms with Crippen molar-refractivity contribution in [2.45, 2.75) is 6.04 Å². The highest BCUT2D eigenvalue weighted by molar-refractivity contribution is 4.99. The van der Waals surface area contributed by atoms with E-state index in [1.165, 1.54) is 11.0 Å². The van der Waals surface area contributed by atoms with Gasteiger partial charge >= 0.3 is 5.95 Å². The van der Waals surface area contributed by atoms with Crippen LogP contribution in [-0.2, 0) is 0 Å². The molecule has 7 heteroatoms. The number of rotatable bonds is 2. The van der Waals surface area contributed by atoms with Gasteiger partial charge in [-0.2, -0.15) is 4.68 Å². The molecule has 0 amide bonds. The first-order valence-corrected chi connectivity index (χ1v) is 3.53. The van der Waals surface area contributed by atoms with Crippen LogP contribution in [0.2, 0.25) is 0 Å². The van der Waals surface area contributed by atoms with E-state index in [0.29, 0.717) is 0 Å². The molecule has 0 aromatic carbocycles. The number of nitro groups is 1. The normalized spacial score (nSPS) is 17.3. The fourth-order valence-corrected chi connectivity index (χ4v) is 0.986. The molecule has 7 nitrogen and oxygen atoms in total. The molecule has 64 valence electrons. The van der Waals surface area contributed by atoms with E-state index in [1.54, 1.807) is 0 Å².